The summed E-state index contributed by atoms with van der Waals surface area (Å²) in [5.74, 6) is 2.90. The van der Waals surface area contributed by atoms with Crippen molar-refractivity contribution in [2.24, 2.45) is 0 Å². The second-order valence-corrected chi connectivity index (χ2v) is 14.5. The van der Waals surface area contributed by atoms with Crippen LogP contribution in [0.1, 0.15) is 38.3 Å². The lowest BCUT2D eigenvalue weighted by Gasteiger charge is -2.23. The largest absolute Gasteiger partial charge is 0.492 e. The highest BCUT2D eigenvalue weighted by Crippen LogP contribution is 2.26. The fourth-order valence-electron chi connectivity index (χ4n) is 7.62. The zero-order valence-corrected chi connectivity index (χ0v) is 33.4. The Morgan fingerprint density at radius 1 is 0.561 bits per heavy atom. The summed E-state index contributed by atoms with van der Waals surface area (Å²) in [5, 5.41) is 4.67. The second-order valence-electron chi connectivity index (χ2n) is 14.5. The monoisotopic (exact) mass is 770 g/mol. The normalized spacial score (nSPS) is 15.8. The van der Waals surface area contributed by atoms with Gasteiger partial charge in [0.2, 0.25) is 0 Å². The van der Waals surface area contributed by atoms with Crippen molar-refractivity contribution < 1.29 is 9.47 Å². The molecule has 12 heteroatoms. The van der Waals surface area contributed by atoms with Crippen LogP contribution in [0, 0.1) is 0 Å². The standard InChI is InChI=1S/C23H28N4O2.C22H26N4O2/c1-3-29-21-12-7-6-11-20(21)27-22(17-26-14-8-13-25(2)15-16-26)24-19-10-5-4-9-18(19)23(27)28;1-2-28-20-11-6-5-10-19(20)26-21(16-25-14-7-12-23-13-15-25)24-18-9-4-3-8-17(18)22(26)27/h4-7,9-12H,3,8,13-17H2,1-2H3;3-6,8-11,23H,2,7,12-16H2,1H3. The highest BCUT2D eigenvalue weighted by molar-refractivity contribution is 5.79. The molecule has 0 unspecified atom stereocenters. The number of nitrogens with zero attached hydrogens (tertiary/aromatic N) is 7. The molecule has 6 aromatic rings. The minimum Gasteiger partial charge on any atom is -0.492 e. The maximum atomic E-state index is 13.5. The van der Waals surface area contributed by atoms with Crippen LogP contribution in [0.25, 0.3) is 33.2 Å². The maximum absolute atomic E-state index is 13.5. The Balaban J connectivity index is 0.000000174. The van der Waals surface area contributed by atoms with Crippen molar-refractivity contribution >= 4 is 21.8 Å². The van der Waals surface area contributed by atoms with Gasteiger partial charge in [0.25, 0.3) is 11.1 Å². The number of aromatic nitrogens is 4. The van der Waals surface area contributed by atoms with Gasteiger partial charge < -0.3 is 19.7 Å². The highest BCUT2D eigenvalue weighted by Gasteiger charge is 2.21. The summed E-state index contributed by atoms with van der Waals surface area (Å²) in [7, 11) is 2.16. The van der Waals surface area contributed by atoms with Gasteiger partial charge in [-0.2, -0.15) is 0 Å². The molecule has 298 valence electrons. The van der Waals surface area contributed by atoms with Crippen LogP contribution in [0.5, 0.6) is 11.5 Å². The van der Waals surface area contributed by atoms with E-state index in [1.807, 2.05) is 111 Å². The molecular weight excluding hydrogens is 717 g/mol. The predicted molar refractivity (Wildman–Crippen MR) is 227 cm³/mol. The van der Waals surface area contributed by atoms with Gasteiger partial charge in [0.1, 0.15) is 23.1 Å². The van der Waals surface area contributed by atoms with Crippen molar-refractivity contribution in [1.29, 1.82) is 0 Å². The summed E-state index contributed by atoms with van der Waals surface area (Å²) >= 11 is 0. The Morgan fingerprint density at radius 3 is 1.61 bits per heavy atom. The molecule has 4 heterocycles. The van der Waals surface area contributed by atoms with Gasteiger partial charge in [0, 0.05) is 26.2 Å². The summed E-state index contributed by atoms with van der Waals surface area (Å²) < 4.78 is 15.1. The van der Waals surface area contributed by atoms with E-state index in [1.54, 1.807) is 9.13 Å². The van der Waals surface area contributed by atoms with E-state index in [9.17, 15) is 9.59 Å². The second kappa shape index (κ2) is 19.2. The first-order chi connectivity index (χ1) is 27.9. The number of hydrogen-bond acceptors (Lipinski definition) is 10. The Bertz CT molecular complexity index is 2390. The van der Waals surface area contributed by atoms with Crippen molar-refractivity contribution in [3.05, 3.63) is 129 Å². The van der Waals surface area contributed by atoms with E-state index >= 15 is 0 Å². The third kappa shape index (κ3) is 9.43. The molecule has 0 amide bonds. The van der Waals surface area contributed by atoms with E-state index in [-0.39, 0.29) is 11.1 Å². The van der Waals surface area contributed by atoms with Crippen LogP contribution >= 0.6 is 0 Å². The lowest BCUT2D eigenvalue weighted by atomic mass is 10.2. The number of ether oxygens (including phenoxy) is 2. The molecule has 0 aliphatic carbocycles. The molecular formula is C45H54N8O4. The molecule has 2 aliphatic rings. The Morgan fingerprint density at radius 2 is 1.05 bits per heavy atom. The van der Waals surface area contributed by atoms with Gasteiger partial charge in [-0.05, 0) is 108 Å². The molecule has 0 radical (unpaired) electrons. The summed E-state index contributed by atoms with van der Waals surface area (Å²) in [4.78, 5) is 43.9. The van der Waals surface area contributed by atoms with Crippen LogP contribution in [-0.2, 0) is 13.1 Å². The molecule has 4 aromatic carbocycles. The topological polar surface area (TPSA) is 110 Å². The Labute approximate surface area is 334 Å². The number of para-hydroxylation sites is 6. The van der Waals surface area contributed by atoms with E-state index in [1.165, 1.54) is 0 Å². The molecule has 2 aromatic heterocycles. The van der Waals surface area contributed by atoms with E-state index in [2.05, 4.69) is 27.1 Å². The number of nitrogens with one attached hydrogen (secondary N) is 1. The van der Waals surface area contributed by atoms with Gasteiger partial charge in [0.05, 0.1) is 59.5 Å². The average Bonchev–Trinajstić information content (AvgIpc) is 3.61. The number of rotatable bonds is 10. The van der Waals surface area contributed by atoms with Gasteiger partial charge in [-0.1, -0.05) is 48.5 Å². The van der Waals surface area contributed by atoms with Crippen molar-refractivity contribution in [2.75, 3.05) is 72.6 Å². The molecule has 1 N–H and O–H groups in total. The third-order valence-corrected chi connectivity index (χ3v) is 10.5. The molecule has 2 fully saturated rings. The zero-order chi connectivity index (χ0) is 39.6. The highest BCUT2D eigenvalue weighted by atomic mass is 16.5. The molecule has 0 saturated carbocycles. The summed E-state index contributed by atoms with van der Waals surface area (Å²) in [6.07, 6.45) is 2.21. The number of benzene rings is 4. The Hall–Kier alpha value is -5.40. The molecule has 8 rings (SSSR count). The summed E-state index contributed by atoms with van der Waals surface area (Å²) in [6.45, 7) is 14.2. The van der Waals surface area contributed by atoms with E-state index in [0.717, 1.165) is 99.3 Å². The minimum absolute atomic E-state index is 0.0512. The molecule has 57 heavy (non-hydrogen) atoms. The van der Waals surface area contributed by atoms with Crippen LogP contribution in [0.4, 0.5) is 0 Å². The van der Waals surface area contributed by atoms with E-state index in [0.29, 0.717) is 48.6 Å². The van der Waals surface area contributed by atoms with Crippen molar-refractivity contribution in [2.45, 2.75) is 39.8 Å². The lowest BCUT2D eigenvalue weighted by Crippen LogP contribution is -2.33. The van der Waals surface area contributed by atoms with E-state index < -0.39 is 0 Å². The van der Waals surface area contributed by atoms with Gasteiger partial charge in [-0.25, -0.2) is 9.97 Å². The quantitative estimate of drug-likeness (QED) is 0.192. The van der Waals surface area contributed by atoms with Gasteiger partial charge in [-0.15, -0.1) is 0 Å². The van der Waals surface area contributed by atoms with Crippen LogP contribution in [0.3, 0.4) is 0 Å². The summed E-state index contributed by atoms with van der Waals surface area (Å²) in [5.41, 5.74) is 2.87. The summed E-state index contributed by atoms with van der Waals surface area (Å²) in [6, 6.07) is 30.5. The molecule has 2 saturated heterocycles. The molecule has 0 spiro atoms. The predicted octanol–water partition coefficient (Wildman–Crippen LogP) is 5.50. The van der Waals surface area contributed by atoms with E-state index in [4.69, 9.17) is 19.4 Å². The van der Waals surface area contributed by atoms with Crippen molar-refractivity contribution in [1.82, 2.24) is 39.1 Å². The first-order valence-corrected chi connectivity index (χ1v) is 20.2. The SMILES string of the molecule is CCOc1ccccc1-n1c(CN2CCCN(C)CC2)nc2ccccc2c1=O.CCOc1ccccc1-n1c(CN2CCCNCC2)nc2ccccc2c1=O. The third-order valence-electron chi connectivity index (χ3n) is 10.5. The zero-order valence-electron chi connectivity index (χ0n) is 33.4. The van der Waals surface area contributed by atoms with Crippen LogP contribution in [0.2, 0.25) is 0 Å². The molecule has 0 bridgehead atoms. The van der Waals surface area contributed by atoms with Gasteiger partial charge in [0.15, 0.2) is 0 Å². The van der Waals surface area contributed by atoms with Gasteiger partial charge in [-0.3, -0.25) is 28.5 Å². The smallest absolute Gasteiger partial charge is 0.266 e. The number of hydrogen-bond donors (Lipinski definition) is 1. The van der Waals surface area contributed by atoms with Crippen LogP contribution in [0.15, 0.2) is 107 Å². The fourth-order valence-corrected chi connectivity index (χ4v) is 7.62. The van der Waals surface area contributed by atoms with Gasteiger partial charge >= 0.3 is 0 Å². The molecule has 0 atom stereocenters. The number of likely N-dealkylation sites (N-methyl/N-ethyl adjacent to an activating group) is 1. The first-order valence-electron chi connectivity index (χ1n) is 20.2. The average molecular weight is 771 g/mol. The maximum Gasteiger partial charge on any atom is 0.266 e. The fraction of sp³-hybridized carbons (Fsp3) is 0.378. The van der Waals surface area contributed by atoms with Crippen molar-refractivity contribution in [3.8, 4) is 22.9 Å². The van der Waals surface area contributed by atoms with Crippen LogP contribution < -0.4 is 25.9 Å². The van der Waals surface area contributed by atoms with Crippen molar-refractivity contribution in [3.63, 3.8) is 0 Å². The lowest BCUT2D eigenvalue weighted by molar-refractivity contribution is 0.261. The molecule has 12 nitrogen and oxygen atoms in total. The van der Waals surface area contributed by atoms with Crippen LogP contribution in [-0.4, -0.2) is 106 Å². The number of fused-ring (bicyclic) bond motifs is 2. The first kappa shape index (κ1) is 39.8. The minimum atomic E-state index is -0.0549. The Kier molecular flexibility index (Phi) is 13.4. The molecule has 2 aliphatic heterocycles.